The summed E-state index contributed by atoms with van der Waals surface area (Å²) >= 11 is 0. The van der Waals surface area contributed by atoms with E-state index in [0.29, 0.717) is 13.1 Å². The lowest BCUT2D eigenvalue weighted by molar-refractivity contribution is -0.121. The van der Waals surface area contributed by atoms with Crippen LogP contribution >= 0.6 is 0 Å². The number of rotatable bonds is 7. The van der Waals surface area contributed by atoms with E-state index in [1.165, 1.54) is 0 Å². The van der Waals surface area contributed by atoms with E-state index in [1.807, 2.05) is 79.4 Å². The lowest BCUT2D eigenvalue weighted by atomic mass is 10.2. The van der Waals surface area contributed by atoms with Gasteiger partial charge in [0.1, 0.15) is 0 Å². The fraction of sp³-hybridized carbons (Fsp3) is 0.391. The summed E-state index contributed by atoms with van der Waals surface area (Å²) in [6.07, 6.45) is 0. The Morgan fingerprint density at radius 2 is 1.38 bits per heavy atom. The molecule has 2 amide bonds. The van der Waals surface area contributed by atoms with Crippen LogP contribution in [0.1, 0.15) is 13.8 Å². The summed E-state index contributed by atoms with van der Waals surface area (Å²) in [5.74, 6) is 0.109. The molecule has 1 aliphatic heterocycles. The van der Waals surface area contributed by atoms with Crippen molar-refractivity contribution in [3.8, 4) is 0 Å². The Labute approximate surface area is 173 Å². The number of piperazine rings is 1. The molecule has 6 nitrogen and oxygen atoms in total. The Bertz CT molecular complexity index is 787. The minimum Gasteiger partial charge on any atom is -0.325 e. The van der Waals surface area contributed by atoms with E-state index in [1.54, 1.807) is 0 Å². The van der Waals surface area contributed by atoms with Crippen molar-refractivity contribution < 1.29 is 9.59 Å². The summed E-state index contributed by atoms with van der Waals surface area (Å²) in [4.78, 5) is 31.3. The zero-order chi connectivity index (χ0) is 20.6. The molecule has 0 spiro atoms. The molecule has 0 aliphatic carbocycles. The molecular weight excluding hydrogens is 364 g/mol. The van der Waals surface area contributed by atoms with Gasteiger partial charge in [0.05, 0.1) is 13.1 Å². The standard InChI is InChI=1S/C23H30N4O2/c1-19(2)27(21-11-7-4-8-12-21)23(29)18-26-15-13-25(14-16-26)17-22(28)24-20-9-5-3-6-10-20/h3-12,19H,13-18H2,1-2H3,(H,24,28). The van der Waals surface area contributed by atoms with Crippen molar-refractivity contribution in [3.05, 3.63) is 60.7 Å². The normalized spacial score (nSPS) is 15.3. The second-order valence-corrected chi connectivity index (χ2v) is 7.66. The van der Waals surface area contributed by atoms with E-state index in [4.69, 9.17) is 0 Å². The number of nitrogens with one attached hydrogen (secondary N) is 1. The number of benzene rings is 2. The molecule has 1 heterocycles. The van der Waals surface area contributed by atoms with Crippen molar-refractivity contribution in [2.75, 3.05) is 49.5 Å². The van der Waals surface area contributed by atoms with Crippen LogP contribution < -0.4 is 10.2 Å². The molecule has 2 aromatic carbocycles. The van der Waals surface area contributed by atoms with Gasteiger partial charge in [0.25, 0.3) is 0 Å². The topological polar surface area (TPSA) is 55.9 Å². The van der Waals surface area contributed by atoms with Crippen LogP contribution in [0, 0.1) is 0 Å². The molecule has 1 saturated heterocycles. The van der Waals surface area contributed by atoms with Crippen LogP contribution in [0.3, 0.4) is 0 Å². The molecule has 0 bridgehead atoms. The molecule has 0 saturated carbocycles. The minimum atomic E-state index is -0.00390. The average molecular weight is 395 g/mol. The maximum absolute atomic E-state index is 12.9. The van der Waals surface area contributed by atoms with Crippen molar-refractivity contribution in [2.24, 2.45) is 0 Å². The zero-order valence-electron chi connectivity index (χ0n) is 17.3. The van der Waals surface area contributed by atoms with E-state index in [2.05, 4.69) is 15.1 Å². The van der Waals surface area contributed by atoms with Gasteiger partial charge in [0.2, 0.25) is 11.8 Å². The van der Waals surface area contributed by atoms with Crippen LogP contribution in [0.2, 0.25) is 0 Å². The first-order valence-corrected chi connectivity index (χ1v) is 10.2. The van der Waals surface area contributed by atoms with E-state index >= 15 is 0 Å². The zero-order valence-corrected chi connectivity index (χ0v) is 17.3. The van der Waals surface area contributed by atoms with Gasteiger partial charge in [-0.25, -0.2) is 0 Å². The summed E-state index contributed by atoms with van der Waals surface area (Å²) in [5.41, 5.74) is 1.75. The highest BCUT2D eigenvalue weighted by molar-refractivity contribution is 5.95. The van der Waals surface area contributed by atoms with Gasteiger partial charge in [0, 0.05) is 43.6 Å². The quantitative estimate of drug-likeness (QED) is 0.785. The molecule has 29 heavy (non-hydrogen) atoms. The molecule has 0 unspecified atom stereocenters. The fourth-order valence-corrected chi connectivity index (χ4v) is 3.62. The highest BCUT2D eigenvalue weighted by atomic mass is 16.2. The number of hydrogen-bond donors (Lipinski definition) is 1. The third-order valence-corrected chi connectivity index (χ3v) is 5.07. The van der Waals surface area contributed by atoms with Crippen LogP contribution in [0.15, 0.2) is 60.7 Å². The third-order valence-electron chi connectivity index (χ3n) is 5.07. The maximum atomic E-state index is 12.9. The fourth-order valence-electron chi connectivity index (χ4n) is 3.62. The predicted octanol–water partition coefficient (Wildman–Crippen LogP) is 2.68. The lowest BCUT2D eigenvalue weighted by Gasteiger charge is -2.35. The van der Waals surface area contributed by atoms with Gasteiger partial charge in [-0.3, -0.25) is 19.4 Å². The predicted molar refractivity (Wildman–Crippen MR) is 117 cm³/mol. The van der Waals surface area contributed by atoms with Crippen molar-refractivity contribution >= 4 is 23.2 Å². The van der Waals surface area contributed by atoms with Gasteiger partial charge < -0.3 is 10.2 Å². The molecule has 6 heteroatoms. The second kappa shape index (κ2) is 10.2. The van der Waals surface area contributed by atoms with E-state index in [-0.39, 0.29) is 17.9 Å². The number of para-hydroxylation sites is 2. The van der Waals surface area contributed by atoms with Crippen molar-refractivity contribution in [3.63, 3.8) is 0 Å². The molecule has 0 atom stereocenters. The Balaban J connectivity index is 1.46. The molecule has 2 aromatic rings. The van der Waals surface area contributed by atoms with Gasteiger partial charge >= 0.3 is 0 Å². The summed E-state index contributed by atoms with van der Waals surface area (Å²) in [6, 6.07) is 19.4. The highest BCUT2D eigenvalue weighted by Gasteiger charge is 2.24. The summed E-state index contributed by atoms with van der Waals surface area (Å²) < 4.78 is 0. The van der Waals surface area contributed by atoms with Crippen LogP contribution in [-0.4, -0.2) is 66.9 Å². The van der Waals surface area contributed by atoms with E-state index in [9.17, 15) is 9.59 Å². The molecule has 0 radical (unpaired) electrons. The third kappa shape index (κ3) is 6.14. The molecule has 0 aromatic heterocycles. The van der Waals surface area contributed by atoms with Gasteiger partial charge in [0.15, 0.2) is 0 Å². The molecule has 1 fully saturated rings. The largest absolute Gasteiger partial charge is 0.325 e. The van der Waals surface area contributed by atoms with Crippen LogP contribution in [-0.2, 0) is 9.59 Å². The number of carbonyl (C=O) groups is 2. The SMILES string of the molecule is CC(C)N(C(=O)CN1CCN(CC(=O)Nc2ccccc2)CC1)c1ccccc1. The Morgan fingerprint density at radius 1 is 0.862 bits per heavy atom. The highest BCUT2D eigenvalue weighted by Crippen LogP contribution is 2.17. The maximum Gasteiger partial charge on any atom is 0.241 e. The first kappa shape index (κ1) is 21.0. The van der Waals surface area contributed by atoms with Gasteiger partial charge in [-0.15, -0.1) is 0 Å². The van der Waals surface area contributed by atoms with Crippen LogP contribution in [0.25, 0.3) is 0 Å². The number of anilines is 2. The molecule has 3 rings (SSSR count). The van der Waals surface area contributed by atoms with Gasteiger partial charge in [-0.2, -0.15) is 0 Å². The van der Waals surface area contributed by atoms with Crippen LogP contribution in [0.5, 0.6) is 0 Å². The number of amides is 2. The molecular formula is C23H30N4O2. The number of carbonyl (C=O) groups excluding carboxylic acids is 2. The van der Waals surface area contributed by atoms with Gasteiger partial charge in [-0.05, 0) is 38.1 Å². The lowest BCUT2D eigenvalue weighted by Crippen LogP contribution is -2.52. The Hall–Kier alpha value is -2.70. The van der Waals surface area contributed by atoms with Crippen molar-refractivity contribution in [2.45, 2.75) is 19.9 Å². The van der Waals surface area contributed by atoms with E-state index in [0.717, 1.165) is 37.6 Å². The molecule has 154 valence electrons. The first-order valence-electron chi connectivity index (χ1n) is 10.2. The Morgan fingerprint density at radius 3 is 1.93 bits per heavy atom. The smallest absolute Gasteiger partial charge is 0.241 e. The Kier molecular flexibility index (Phi) is 7.38. The van der Waals surface area contributed by atoms with Crippen LogP contribution in [0.4, 0.5) is 11.4 Å². The summed E-state index contributed by atoms with van der Waals surface area (Å²) in [7, 11) is 0. The number of nitrogens with zero attached hydrogens (tertiary/aromatic N) is 3. The molecule has 1 aliphatic rings. The van der Waals surface area contributed by atoms with Gasteiger partial charge in [-0.1, -0.05) is 36.4 Å². The van der Waals surface area contributed by atoms with Crippen molar-refractivity contribution in [1.82, 2.24) is 9.80 Å². The van der Waals surface area contributed by atoms with E-state index < -0.39 is 0 Å². The number of hydrogen-bond acceptors (Lipinski definition) is 4. The monoisotopic (exact) mass is 394 g/mol. The first-order chi connectivity index (χ1) is 14.0. The summed E-state index contributed by atoms with van der Waals surface area (Å²) in [5, 5.41) is 2.92. The average Bonchev–Trinajstić information content (AvgIpc) is 2.71. The second-order valence-electron chi connectivity index (χ2n) is 7.66. The molecule has 1 N–H and O–H groups in total. The summed E-state index contributed by atoms with van der Waals surface area (Å²) in [6.45, 7) is 7.97. The minimum absolute atomic E-state index is 0.00390. The van der Waals surface area contributed by atoms with Crippen molar-refractivity contribution in [1.29, 1.82) is 0 Å².